The summed E-state index contributed by atoms with van der Waals surface area (Å²) < 4.78 is 24.0. The molecule has 1 aromatic rings. The first-order valence-corrected chi connectivity index (χ1v) is 9.15. The number of sulfone groups is 1. The van der Waals surface area contributed by atoms with Crippen molar-refractivity contribution in [3.8, 4) is 0 Å². The molecule has 1 aliphatic heterocycles. The summed E-state index contributed by atoms with van der Waals surface area (Å²) in [4.78, 5) is 12.0. The summed E-state index contributed by atoms with van der Waals surface area (Å²) in [5.41, 5.74) is 0.478. The predicted octanol–water partition coefficient (Wildman–Crippen LogP) is 2.08. The van der Waals surface area contributed by atoms with Crippen LogP contribution in [0.15, 0.2) is 28.7 Å². The van der Waals surface area contributed by atoms with E-state index in [9.17, 15) is 13.2 Å². The Labute approximate surface area is 128 Å². The summed E-state index contributed by atoms with van der Waals surface area (Å²) in [6.07, 6.45) is 1.51. The van der Waals surface area contributed by atoms with Crippen molar-refractivity contribution >= 4 is 31.7 Å². The van der Waals surface area contributed by atoms with Gasteiger partial charge in [-0.15, -0.1) is 0 Å². The van der Waals surface area contributed by atoms with Crippen LogP contribution in [0.4, 0.5) is 0 Å². The number of carbonyl (C=O) groups is 1. The molecule has 0 aromatic heterocycles. The van der Waals surface area contributed by atoms with E-state index in [-0.39, 0.29) is 17.4 Å². The number of hydrogen-bond donors (Lipinski definition) is 1. The second kappa shape index (κ2) is 5.85. The quantitative estimate of drug-likeness (QED) is 0.894. The minimum atomic E-state index is -2.99. The third-order valence-corrected chi connectivity index (χ3v) is 5.87. The third kappa shape index (κ3) is 4.31. The van der Waals surface area contributed by atoms with Gasteiger partial charge in [-0.25, -0.2) is 8.42 Å². The molecule has 20 heavy (non-hydrogen) atoms. The molecule has 1 amide bonds. The van der Waals surface area contributed by atoms with Crippen LogP contribution < -0.4 is 5.32 Å². The average Bonchev–Trinajstić information content (AvgIpc) is 2.61. The van der Waals surface area contributed by atoms with Gasteiger partial charge in [0.05, 0.1) is 17.0 Å². The van der Waals surface area contributed by atoms with Gasteiger partial charge in [0.15, 0.2) is 9.84 Å². The molecule has 0 saturated carbocycles. The molecule has 6 heteroatoms. The smallest absolute Gasteiger partial charge is 0.220 e. The lowest BCUT2D eigenvalue weighted by atomic mass is 10.0. The Hall–Kier alpha value is -0.880. The Morgan fingerprint density at radius 3 is 2.80 bits per heavy atom. The van der Waals surface area contributed by atoms with Crippen molar-refractivity contribution in [2.24, 2.45) is 0 Å². The summed E-state index contributed by atoms with van der Waals surface area (Å²) in [6.45, 7) is 1.80. The van der Waals surface area contributed by atoms with Crippen molar-refractivity contribution in [1.82, 2.24) is 5.32 Å². The summed E-state index contributed by atoms with van der Waals surface area (Å²) in [5.74, 6) is 0.113. The van der Waals surface area contributed by atoms with Gasteiger partial charge in [0.25, 0.3) is 0 Å². The van der Waals surface area contributed by atoms with Crippen molar-refractivity contribution in [1.29, 1.82) is 0 Å². The van der Waals surface area contributed by atoms with Gasteiger partial charge in [0.1, 0.15) is 0 Å². The van der Waals surface area contributed by atoms with E-state index in [1.165, 1.54) is 0 Å². The zero-order valence-corrected chi connectivity index (χ0v) is 13.8. The van der Waals surface area contributed by atoms with Crippen LogP contribution in [0.5, 0.6) is 0 Å². The van der Waals surface area contributed by atoms with E-state index < -0.39 is 15.4 Å². The van der Waals surface area contributed by atoms with E-state index in [0.29, 0.717) is 19.3 Å². The first-order chi connectivity index (χ1) is 9.28. The van der Waals surface area contributed by atoms with Crippen LogP contribution in [0.2, 0.25) is 0 Å². The van der Waals surface area contributed by atoms with Gasteiger partial charge in [-0.1, -0.05) is 28.1 Å². The number of nitrogens with one attached hydrogen (secondary N) is 1. The van der Waals surface area contributed by atoms with Crippen LogP contribution in [0.1, 0.15) is 25.3 Å². The highest BCUT2D eigenvalue weighted by Crippen LogP contribution is 2.23. The van der Waals surface area contributed by atoms with E-state index in [2.05, 4.69) is 21.2 Å². The molecule has 1 aromatic carbocycles. The Bertz CT molecular complexity index is 615. The Morgan fingerprint density at radius 1 is 1.45 bits per heavy atom. The molecule has 110 valence electrons. The molecule has 1 heterocycles. The first-order valence-electron chi connectivity index (χ1n) is 6.54. The minimum absolute atomic E-state index is 0.0443. The van der Waals surface area contributed by atoms with Gasteiger partial charge in [0, 0.05) is 10.9 Å². The number of carbonyl (C=O) groups excluding carboxylic acids is 1. The summed E-state index contributed by atoms with van der Waals surface area (Å²) in [5, 5.41) is 2.87. The highest BCUT2D eigenvalue weighted by atomic mass is 79.9. The van der Waals surface area contributed by atoms with E-state index in [1.54, 1.807) is 6.92 Å². The number of amides is 1. The Morgan fingerprint density at radius 2 is 2.20 bits per heavy atom. The van der Waals surface area contributed by atoms with Crippen LogP contribution in [0, 0.1) is 0 Å². The normalized spacial score (nSPS) is 24.5. The van der Waals surface area contributed by atoms with Crippen LogP contribution >= 0.6 is 15.9 Å². The largest absolute Gasteiger partial charge is 0.350 e. The maximum Gasteiger partial charge on any atom is 0.220 e. The number of rotatable bonds is 4. The lowest BCUT2D eigenvalue weighted by Crippen LogP contribution is -2.47. The second-order valence-electron chi connectivity index (χ2n) is 5.58. The second-order valence-corrected chi connectivity index (χ2v) is 8.68. The average molecular weight is 360 g/mol. The summed E-state index contributed by atoms with van der Waals surface area (Å²) in [6, 6.07) is 7.82. The van der Waals surface area contributed by atoms with Crippen molar-refractivity contribution in [3.63, 3.8) is 0 Å². The van der Waals surface area contributed by atoms with Gasteiger partial charge in [-0.3, -0.25) is 4.79 Å². The highest BCUT2D eigenvalue weighted by molar-refractivity contribution is 9.10. The van der Waals surface area contributed by atoms with Crippen molar-refractivity contribution in [2.45, 2.75) is 31.7 Å². The van der Waals surface area contributed by atoms with E-state index in [0.717, 1.165) is 10.0 Å². The molecule has 1 atom stereocenters. The summed E-state index contributed by atoms with van der Waals surface area (Å²) >= 11 is 3.39. The van der Waals surface area contributed by atoms with E-state index in [4.69, 9.17) is 0 Å². The SMILES string of the molecule is C[C@]1(NC(=O)CCc2cccc(Br)c2)CCS(=O)(=O)C1. The van der Waals surface area contributed by atoms with Crippen molar-refractivity contribution < 1.29 is 13.2 Å². The van der Waals surface area contributed by atoms with Crippen molar-refractivity contribution in [3.05, 3.63) is 34.3 Å². The molecule has 0 unspecified atom stereocenters. The number of halogens is 1. The third-order valence-electron chi connectivity index (χ3n) is 3.47. The zero-order chi connectivity index (χ0) is 14.8. The highest BCUT2D eigenvalue weighted by Gasteiger charge is 2.39. The van der Waals surface area contributed by atoms with Gasteiger partial charge in [0.2, 0.25) is 5.91 Å². The molecule has 1 fully saturated rings. The van der Waals surface area contributed by atoms with Crippen LogP contribution in [-0.4, -0.2) is 31.4 Å². The lowest BCUT2D eigenvalue weighted by Gasteiger charge is -2.23. The van der Waals surface area contributed by atoms with Gasteiger partial charge in [-0.05, 0) is 37.5 Å². The fourth-order valence-electron chi connectivity index (χ4n) is 2.46. The molecule has 2 rings (SSSR count). The number of aryl methyl sites for hydroxylation is 1. The molecule has 4 nitrogen and oxygen atoms in total. The molecule has 1 N–H and O–H groups in total. The van der Waals surface area contributed by atoms with Crippen molar-refractivity contribution in [2.75, 3.05) is 11.5 Å². The first kappa shape index (κ1) is 15.5. The Balaban J connectivity index is 1.87. The van der Waals surface area contributed by atoms with Crippen LogP contribution in [-0.2, 0) is 21.1 Å². The molecule has 0 bridgehead atoms. The van der Waals surface area contributed by atoms with Gasteiger partial charge >= 0.3 is 0 Å². The molecular formula is C14H18BrNO3S. The number of benzene rings is 1. The Kier molecular flexibility index (Phi) is 4.54. The predicted molar refractivity (Wildman–Crippen MR) is 82.3 cm³/mol. The molecule has 0 aliphatic carbocycles. The van der Waals surface area contributed by atoms with Gasteiger partial charge in [-0.2, -0.15) is 0 Å². The fraction of sp³-hybridized carbons (Fsp3) is 0.500. The lowest BCUT2D eigenvalue weighted by molar-refractivity contribution is -0.122. The molecular weight excluding hydrogens is 342 g/mol. The monoisotopic (exact) mass is 359 g/mol. The van der Waals surface area contributed by atoms with Crippen LogP contribution in [0.25, 0.3) is 0 Å². The number of hydrogen-bond acceptors (Lipinski definition) is 3. The fourth-order valence-corrected chi connectivity index (χ4v) is 5.00. The maximum atomic E-state index is 12.0. The van der Waals surface area contributed by atoms with Gasteiger partial charge < -0.3 is 5.32 Å². The molecule has 0 spiro atoms. The molecule has 1 saturated heterocycles. The van der Waals surface area contributed by atoms with E-state index in [1.807, 2.05) is 24.3 Å². The maximum absolute atomic E-state index is 12.0. The topological polar surface area (TPSA) is 63.2 Å². The molecule has 1 aliphatic rings. The molecule has 0 radical (unpaired) electrons. The van der Waals surface area contributed by atoms with Crippen LogP contribution in [0.3, 0.4) is 0 Å². The summed E-state index contributed by atoms with van der Waals surface area (Å²) in [7, 11) is -2.99. The van der Waals surface area contributed by atoms with E-state index >= 15 is 0 Å². The zero-order valence-electron chi connectivity index (χ0n) is 11.4. The standard InChI is InChI=1S/C14H18BrNO3S/c1-14(7-8-20(18,19)10-14)16-13(17)6-5-11-3-2-4-12(15)9-11/h2-4,9H,5-8,10H2,1H3,(H,16,17)/t14-/m0/s1. The minimum Gasteiger partial charge on any atom is -0.350 e.